The summed E-state index contributed by atoms with van der Waals surface area (Å²) in [4.78, 5) is 32.8. The third kappa shape index (κ3) is 4.77. The van der Waals surface area contributed by atoms with Crippen LogP contribution in [0.5, 0.6) is 5.75 Å². The van der Waals surface area contributed by atoms with Crippen molar-refractivity contribution in [2.24, 2.45) is 0 Å². The van der Waals surface area contributed by atoms with Crippen molar-refractivity contribution < 1.29 is 24.3 Å². The molecule has 0 bridgehead atoms. The summed E-state index contributed by atoms with van der Waals surface area (Å²) in [5, 5.41) is 11.2. The number of benzene rings is 1. The molecule has 3 rings (SSSR count). The van der Waals surface area contributed by atoms with Crippen LogP contribution in [0.1, 0.15) is 36.6 Å². The average molecular weight is 425 g/mol. The van der Waals surface area contributed by atoms with Gasteiger partial charge in [-0.05, 0) is 56.2 Å². The number of ether oxygens (including phenoxy) is 1. The summed E-state index contributed by atoms with van der Waals surface area (Å²) >= 11 is 0. The van der Waals surface area contributed by atoms with Gasteiger partial charge in [0.2, 0.25) is 0 Å². The van der Waals surface area contributed by atoms with Crippen molar-refractivity contribution in [1.82, 2.24) is 9.88 Å². The van der Waals surface area contributed by atoms with Gasteiger partial charge < -0.3 is 19.6 Å². The first-order valence-electron chi connectivity index (χ1n) is 10.5. The van der Waals surface area contributed by atoms with E-state index in [1.807, 2.05) is 47.0 Å². The van der Waals surface area contributed by atoms with Crippen molar-refractivity contribution in [2.45, 2.75) is 32.9 Å². The minimum Gasteiger partial charge on any atom is -0.507 e. The SMILES string of the molecule is Cc1cc(OC(C)C)ccc1C(O)=C1C(=O)C(=O)N(CC[NH+](C)C)[C@H]1c1cccnc1. The molecule has 2 N–H and O–H groups in total. The maximum atomic E-state index is 13.0. The monoisotopic (exact) mass is 424 g/mol. The number of aromatic nitrogens is 1. The molecule has 1 aliphatic rings. The molecule has 1 amide bonds. The fourth-order valence-electron chi connectivity index (χ4n) is 3.73. The second kappa shape index (κ2) is 9.31. The molecule has 0 spiro atoms. The number of carbonyl (C=O) groups is 2. The lowest BCUT2D eigenvalue weighted by molar-refractivity contribution is -0.857. The highest BCUT2D eigenvalue weighted by Crippen LogP contribution is 2.39. The normalized spacial score (nSPS) is 18.3. The first-order chi connectivity index (χ1) is 14.7. The Hall–Kier alpha value is -3.19. The zero-order chi connectivity index (χ0) is 22.7. The Morgan fingerprint density at radius 3 is 2.58 bits per heavy atom. The van der Waals surface area contributed by atoms with Crippen molar-refractivity contribution >= 4 is 17.4 Å². The minimum absolute atomic E-state index is 0.0218. The topological polar surface area (TPSA) is 84.2 Å². The molecular formula is C24H30N3O4+. The predicted molar refractivity (Wildman–Crippen MR) is 118 cm³/mol. The highest BCUT2D eigenvalue weighted by Gasteiger charge is 2.46. The average Bonchev–Trinajstić information content (AvgIpc) is 2.96. The number of amides is 1. The fraction of sp³-hybridized carbons (Fsp3) is 0.375. The number of Topliss-reactive ketones (excluding diaryl/α,β-unsaturated/α-hetero) is 1. The summed E-state index contributed by atoms with van der Waals surface area (Å²) in [7, 11) is 3.97. The van der Waals surface area contributed by atoms with Gasteiger partial charge in [-0.1, -0.05) is 6.07 Å². The molecule has 0 saturated carbocycles. The van der Waals surface area contributed by atoms with Crippen LogP contribution in [0.25, 0.3) is 5.76 Å². The van der Waals surface area contributed by atoms with E-state index < -0.39 is 17.7 Å². The number of ketones is 1. The van der Waals surface area contributed by atoms with E-state index in [0.29, 0.717) is 30.0 Å². The van der Waals surface area contributed by atoms with Crippen molar-refractivity contribution in [3.8, 4) is 5.75 Å². The van der Waals surface area contributed by atoms with E-state index in [2.05, 4.69) is 4.98 Å². The van der Waals surface area contributed by atoms with Crippen molar-refractivity contribution in [2.75, 3.05) is 27.2 Å². The number of hydrogen-bond donors (Lipinski definition) is 2. The third-order valence-corrected chi connectivity index (χ3v) is 5.22. The van der Waals surface area contributed by atoms with Crippen LogP contribution in [0.3, 0.4) is 0 Å². The van der Waals surface area contributed by atoms with Crippen LogP contribution in [-0.2, 0) is 9.59 Å². The van der Waals surface area contributed by atoms with Crippen molar-refractivity contribution in [3.63, 3.8) is 0 Å². The lowest BCUT2D eigenvalue weighted by Gasteiger charge is -2.25. The van der Waals surface area contributed by atoms with E-state index in [-0.39, 0.29) is 17.4 Å². The van der Waals surface area contributed by atoms with Gasteiger partial charge in [0.25, 0.3) is 11.7 Å². The second-order valence-corrected chi connectivity index (χ2v) is 8.38. The maximum Gasteiger partial charge on any atom is 0.295 e. The number of nitrogens with zero attached hydrogens (tertiary/aromatic N) is 2. The van der Waals surface area contributed by atoms with Gasteiger partial charge >= 0.3 is 0 Å². The molecule has 7 nitrogen and oxygen atoms in total. The van der Waals surface area contributed by atoms with Gasteiger partial charge in [-0.15, -0.1) is 0 Å². The van der Waals surface area contributed by atoms with Crippen LogP contribution in [0.4, 0.5) is 0 Å². The molecule has 0 unspecified atom stereocenters. The summed E-state index contributed by atoms with van der Waals surface area (Å²) in [5.74, 6) is -0.779. The highest BCUT2D eigenvalue weighted by atomic mass is 16.5. The first-order valence-corrected chi connectivity index (χ1v) is 10.5. The third-order valence-electron chi connectivity index (χ3n) is 5.22. The Kier molecular flexibility index (Phi) is 6.75. The molecule has 1 fully saturated rings. The summed E-state index contributed by atoms with van der Waals surface area (Å²) in [6.45, 7) is 6.78. The summed E-state index contributed by atoms with van der Waals surface area (Å²) < 4.78 is 5.72. The van der Waals surface area contributed by atoms with Gasteiger partial charge in [-0.3, -0.25) is 14.6 Å². The van der Waals surface area contributed by atoms with Crippen LogP contribution in [-0.4, -0.2) is 60.0 Å². The van der Waals surface area contributed by atoms with E-state index in [4.69, 9.17) is 4.74 Å². The first kappa shape index (κ1) is 22.5. The molecule has 1 saturated heterocycles. The maximum absolute atomic E-state index is 13.0. The van der Waals surface area contributed by atoms with E-state index in [1.165, 1.54) is 4.90 Å². The molecule has 2 aromatic rings. The molecular weight excluding hydrogens is 394 g/mol. The number of quaternary nitrogens is 1. The number of aliphatic hydroxyl groups is 1. The lowest BCUT2D eigenvalue weighted by atomic mass is 9.94. The molecule has 2 heterocycles. The van der Waals surface area contributed by atoms with Gasteiger partial charge in [0, 0.05) is 18.0 Å². The van der Waals surface area contributed by atoms with Crippen LogP contribution >= 0.6 is 0 Å². The molecule has 0 radical (unpaired) electrons. The van der Waals surface area contributed by atoms with Gasteiger partial charge in [-0.25, -0.2) is 0 Å². The smallest absolute Gasteiger partial charge is 0.295 e. The molecule has 7 heteroatoms. The molecule has 164 valence electrons. The minimum atomic E-state index is -0.681. The Morgan fingerprint density at radius 1 is 1.26 bits per heavy atom. The number of aryl methyl sites for hydroxylation is 1. The predicted octanol–water partition coefficient (Wildman–Crippen LogP) is 1.74. The van der Waals surface area contributed by atoms with Gasteiger partial charge in [-0.2, -0.15) is 0 Å². The summed E-state index contributed by atoms with van der Waals surface area (Å²) in [6.07, 6.45) is 3.29. The molecule has 0 aliphatic carbocycles. The van der Waals surface area contributed by atoms with Crippen molar-refractivity contribution in [1.29, 1.82) is 0 Å². The van der Waals surface area contributed by atoms with E-state index >= 15 is 0 Å². The van der Waals surface area contributed by atoms with E-state index in [0.717, 1.165) is 10.5 Å². The van der Waals surface area contributed by atoms with Gasteiger partial charge in [0.05, 0.1) is 44.9 Å². The Balaban J connectivity index is 2.10. The fourth-order valence-corrected chi connectivity index (χ4v) is 3.73. The van der Waals surface area contributed by atoms with Crippen molar-refractivity contribution in [3.05, 3.63) is 65.0 Å². The number of likely N-dealkylation sites (N-methyl/N-ethyl adjacent to an activating group) is 1. The number of nitrogens with one attached hydrogen (secondary N) is 1. The Labute approximate surface area is 183 Å². The number of hydrogen-bond acceptors (Lipinski definition) is 5. The molecule has 1 atom stereocenters. The number of likely N-dealkylation sites (tertiary alicyclic amines) is 1. The summed E-state index contributed by atoms with van der Waals surface area (Å²) in [5.41, 5.74) is 2.03. The van der Waals surface area contributed by atoms with Crippen LogP contribution in [0.15, 0.2) is 48.3 Å². The van der Waals surface area contributed by atoms with Gasteiger partial charge in [0.1, 0.15) is 11.5 Å². The largest absolute Gasteiger partial charge is 0.507 e. The molecule has 1 aromatic carbocycles. The van der Waals surface area contributed by atoms with E-state index in [1.54, 1.807) is 30.6 Å². The van der Waals surface area contributed by atoms with Crippen LogP contribution in [0, 0.1) is 6.92 Å². The summed E-state index contributed by atoms with van der Waals surface area (Å²) in [6, 6.07) is 8.19. The van der Waals surface area contributed by atoms with Crippen LogP contribution < -0.4 is 9.64 Å². The molecule has 1 aliphatic heterocycles. The second-order valence-electron chi connectivity index (χ2n) is 8.38. The number of pyridine rings is 1. The zero-order valence-electron chi connectivity index (χ0n) is 18.7. The Morgan fingerprint density at radius 2 is 2.00 bits per heavy atom. The van der Waals surface area contributed by atoms with E-state index in [9.17, 15) is 14.7 Å². The quantitative estimate of drug-likeness (QED) is 0.402. The standard InChI is InChI=1S/C24H29N3O4/c1-15(2)31-18-8-9-19(16(3)13-18)22(28)20-21(17-7-6-10-25-14-17)27(12-11-26(4)5)24(30)23(20)29/h6-10,13-15,21,28H,11-12H2,1-5H3/p+1/t21-/m0/s1. The Bertz CT molecular complexity index is 999. The van der Waals surface area contributed by atoms with Crippen LogP contribution in [0.2, 0.25) is 0 Å². The number of rotatable bonds is 7. The number of aliphatic hydroxyl groups excluding tert-OH is 1. The molecule has 1 aromatic heterocycles. The zero-order valence-corrected chi connectivity index (χ0v) is 18.7. The van der Waals surface area contributed by atoms with Gasteiger partial charge in [0.15, 0.2) is 0 Å². The highest BCUT2D eigenvalue weighted by molar-refractivity contribution is 6.46. The lowest BCUT2D eigenvalue weighted by Crippen LogP contribution is -3.06. The molecule has 31 heavy (non-hydrogen) atoms. The number of carbonyl (C=O) groups excluding carboxylic acids is 2.